The summed E-state index contributed by atoms with van der Waals surface area (Å²) in [5.74, 6) is 0. The summed E-state index contributed by atoms with van der Waals surface area (Å²) in [6.07, 6.45) is 0. The molecule has 3 aromatic heterocycles. The first-order chi connectivity index (χ1) is 27.2. The third-order valence-electron chi connectivity index (χ3n) is 11.1. The molecule has 0 N–H and O–H groups in total. The van der Waals surface area contributed by atoms with Crippen LogP contribution in [0.1, 0.15) is 5.56 Å². The Balaban J connectivity index is 1.12. The van der Waals surface area contributed by atoms with Crippen molar-refractivity contribution in [2.24, 2.45) is 0 Å². The van der Waals surface area contributed by atoms with Crippen LogP contribution in [0.5, 0.6) is 0 Å². The van der Waals surface area contributed by atoms with Gasteiger partial charge in [0.25, 0.3) is 0 Å². The van der Waals surface area contributed by atoms with Gasteiger partial charge in [0.2, 0.25) is 0 Å². The molecule has 0 aliphatic heterocycles. The Bertz CT molecular complexity index is 3400. The molecule has 254 valence electrons. The lowest BCUT2D eigenvalue weighted by molar-refractivity contribution is 1.13. The van der Waals surface area contributed by atoms with Crippen molar-refractivity contribution in [1.29, 1.82) is 5.26 Å². The van der Waals surface area contributed by atoms with Gasteiger partial charge in [-0.15, -0.1) is 0 Å². The molecule has 0 radical (unpaired) electrons. The lowest BCUT2D eigenvalue weighted by Crippen LogP contribution is -2.01. The summed E-state index contributed by atoms with van der Waals surface area (Å²) in [4.78, 5) is 3.74. The fourth-order valence-corrected chi connectivity index (χ4v) is 8.80. The van der Waals surface area contributed by atoms with Crippen LogP contribution in [0.4, 0.5) is 5.69 Å². The van der Waals surface area contributed by atoms with Crippen LogP contribution in [-0.4, -0.2) is 13.7 Å². The highest BCUT2D eigenvalue weighted by Crippen LogP contribution is 2.41. The van der Waals surface area contributed by atoms with Gasteiger partial charge in [0, 0.05) is 38.2 Å². The molecule has 0 aliphatic carbocycles. The van der Waals surface area contributed by atoms with E-state index in [1.807, 2.05) is 24.3 Å². The van der Waals surface area contributed by atoms with Gasteiger partial charge in [-0.1, -0.05) is 115 Å². The van der Waals surface area contributed by atoms with Gasteiger partial charge in [-0.2, -0.15) is 5.26 Å². The van der Waals surface area contributed by atoms with Crippen LogP contribution in [-0.2, 0) is 0 Å². The summed E-state index contributed by atoms with van der Waals surface area (Å²) >= 11 is 0. The van der Waals surface area contributed by atoms with Crippen molar-refractivity contribution >= 4 is 71.1 Å². The molecular formula is C50H29N5. The number of nitriles is 1. The van der Waals surface area contributed by atoms with Crippen LogP contribution in [0.15, 0.2) is 176 Å². The van der Waals surface area contributed by atoms with E-state index in [0.29, 0.717) is 11.3 Å². The zero-order chi connectivity index (χ0) is 36.6. The highest BCUT2D eigenvalue weighted by atomic mass is 15.1. The molecule has 0 aliphatic rings. The van der Waals surface area contributed by atoms with Gasteiger partial charge in [0.15, 0.2) is 5.69 Å². The summed E-state index contributed by atoms with van der Waals surface area (Å²) in [6, 6.07) is 63.7. The Morgan fingerprint density at radius 2 is 0.927 bits per heavy atom. The number of hydrogen-bond acceptors (Lipinski definition) is 1. The lowest BCUT2D eigenvalue weighted by Gasteiger charge is -2.16. The van der Waals surface area contributed by atoms with Crippen LogP contribution < -0.4 is 0 Å². The first kappa shape index (κ1) is 30.7. The molecule has 3 heterocycles. The molecule has 5 heteroatoms. The Morgan fingerprint density at radius 3 is 1.55 bits per heavy atom. The summed E-state index contributed by atoms with van der Waals surface area (Å²) in [5, 5.41) is 17.6. The van der Waals surface area contributed by atoms with E-state index in [9.17, 15) is 5.26 Å². The number of rotatable bonds is 4. The van der Waals surface area contributed by atoms with Crippen LogP contribution in [0.25, 0.3) is 98.5 Å². The highest BCUT2D eigenvalue weighted by Gasteiger charge is 2.21. The molecular weight excluding hydrogens is 671 g/mol. The van der Waals surface area contributed by atoms with Crippen LogP contribution in [0.2, 0.25) is 0 Å². The second-order valence-electron chi connectivity index (χ2n) is 13.9. The first-order valence-corrected chi connectivity index (χ1v) is 18.3. The number of nitrogens with zero attached hydrogens (tertiary/aromatic N) is 5. The van der Waals surface area contributed by atoms with Crippen LogP contribution in [0.3, 0.4) is 0 Å². The minimum Gasteiger partial charge on any atom is -0.308 e. The van der Waals surface area contributed by atoms with E-state index >= 15 is 0 Å². The Labute approximate surface area is 316 Å². The standard InChI is InChI=1S/C50H29N5/c1-52-33-26-29-48-41(30-33)39-15-5-9-21-46(39)55(48)49-23-11-17-40-38-14-4-6-18-43(38)53(50(40)49)34-27-24-32(25-28-34)35-16-10-22-47(42(35)31-51)54-44-19-7-2-12-36(44)37-13-3-8-20-45(37)54/h2-30H. The van der Waals surface area contributed by atoms with Crippen molar-refractivity contribution in [3.05, 3.63) is 193 Å². The van der Waals surface area contributed by atoms with E-state index in [1.165, 1.54) is 5.39 Å². The average molecular weight is 700 g/mol. The van der Waals surface area contributed by atoms with Crippen LogP contribution in [0, 0.1) is 17.9 Å². The molecule has 0 bridgehead atoms. The Kier molecular flexibility index (Phi) is 6.61. The predicted molar refractivity (Wildman–Crippen MR) is 226 cm³/mol. The maximum Gasteiger partial charge on any atom is 0.188 e. The summed E-state index contributed by atoms with van der Waals surface area (Å²) in [5.41, 5.74) is 12.6. The number of benzene rings is 8. The Morgan fingerprint density at radius 1 is 0.436 bits per heavy atom. The van der Waals surface area contributed by atoms with Gasteiger partial charge in [0.1, 0.15) is 6.07 Å². The first-order valence-electron chi connectivity index (χ1n) is 18.3. The smallest absolute Gasteiger partial charge is 0.188 e. The molecule has 8 aromatic carbocycles. The SMILES string of the molecule is [C-]#[N+]c1ccc2c(c1)c1ccccc1n2-c1cccc2c3ccccc3n(-c3ccc(-c4cccc(-n5c6ccccc6c6ccccc65)c4C#N)cc3)c12. The monoisotopic (exact) mass is 699 g/mol. The molecule has 11 aromatic rings. The summed E-state index contributed by atoms with van der Waals surface area (Å²) < 4.78 is 6.92. The van der Waals surface area contributed by atoms with Crippen molar-refractivity contribution < 1.29 is 0 Å². The van der Waals surface area contributed by atoms with E-state index in [2.05, 4.69) is 176 Å². The minimum absolute atomic E-state index is 0.628. The van der Waals surface area contributed by atoms with Gasteiger partial charge in [-0.05, 0) is 71.6 Å². The third-order valence-corrected chi connectivity index (χ3v) is 11.1. The molecule has 5 nitrogen and oxygen atoms in total. The molecule has 0 saturated carbocycles. The van der Waals surface area contributed by atoms with Crippen molar-refractivity contribution in [2.75, 3.05) is 0 Å². The lowest BCUT2D eigenvalue weighted by atomic mass is 9.98. The van der Waals surface area contributed by atoms with Crippen molar-refractivity contribution in [1.82, 2.24) is 13.7 Å². The largest absolute Gasteiger partial charge is 0.308 e. The van der Waals surface area contributed by atoms with E-state index in [0.717, 1.165) is 88.2 Å². The average Bonchev–Trinajstić information content (AvgIpc) is 3.89. The predicted octanol–water partition coefficient (Wildman–Crippen LogP) is 13.1. The third kappa shape index (κ3) is 4.39. The second-order valence-corrected chi connectivity index (χ2v) is 13.9. The van der Waals surface area contributed by atoms with Crippen molar-refractivity contribution in [3.63, 3.8) is 0 Å². The maximum absolute atomic E-state index is 10.8. The van der Waals surface area contributed by atoms with E-state index in [4.69, 9.17) is 6.57 Å². The van der Waals surface area contributed by atoms with Crippen LogP contribution >= 0.6 is 0 Å². The molecule has 0 spiro atoms. The summed E-state index contributed by atoms with van der Waals surface area (Å²) in [7, 11) is 0. The van der Waals surface area contributed by atoms with Gasteiger partial charge in [0.05, 0.1) is 56.6 Å². The minimum atomic E-state index is 0.628. The highest BCUT2D eigenvalue weighted by molar-refractivity contribution is 6.15. The fraction of sp³-hybridized carbons (Fsp3) is 0. The molecule has 0 unspecified atom stereocenters. The second kappa shape index (κ2) is 11.8. The number of para-hydroxylation sites is 5. The van der Waals surface area contributed by atoms with Gasteiger partial charge < -0.3 is 13.7 Å². The van der Waals surface area contributed by atoms with Gasteiger partial charge in [-0.25, -0.2) is 4.85 Å². The number of aromatic nitrogens is 3. The van der Waals surface area contributed by atoms with E-state index in [1.54, 1.807) is 0 Å². The van der Waals surface area contributed by atoms with Crippen molar-refractivity contribution in [2.45, 2.75) is 0 Å². The molecule has 55 heavy (non-hydrogen) atoms. The Hall–Kier alpha value is -7.86. The molecule has 0 saturated heterocycles. The van der Waals surface area contributed by atoms with Gasteiger partial charge >= 0.3 is 0 Å². The molecule has 0 amide bonds. The normalized spacial score (nSPS) is 11.6. The topological polar surface area (TPSA) is 42.9 Å². The number of hydrogen-bond donors (Lipinski definition) is 0. The molecule has 0 atom stereocenters. The molecule has 11 rings (SSSR count). The summed E-state index contributed by atoms with van der Waals surface area (Å²) in [6.45, 7) is 7.68. The maximum atomic E-state index is 10.8. The van der Waals surface area contributed by atoms with E-state index in [-0.39, 0.29) is 0 Å². The van der Waals surface area contributed by atoms with E-state index < -0.39 is 0 Å². The zero-order valence-electron chi connectivity index (χ0n) is 29.5. The van der Waals surface area contributed by atoms with Crippen molar-refractivity contribution in [3.8, 4) is 34.3 Å². The zero-order valence-corrected chi connectivity index (χ0v) is 29.5. The number of fused-ring (bicyclic) bond motifs is 9. The van der Waals surface area contributed by atoms with Gasteiger partial charge in [-0.3, -0.25) is 0 Å². The molecule has 0 fully saturated rings. The quantitative estimate of drug-likeness (QED) is 0.169. The fourth-order valence-electron chi connectivity index (χ4n) is 8.80.